The highest BCUT2D eigenvalue weighted by atomic mass is 35.5. The lowest BCUT2D eigenvalue weighted by atomic mass is 10.1. The van der Waals surface area contributed by atoms with Gasteiger partial charge < -0.3 is 24.0 Å². The number of nitrogens with zero attached hydrogens (tertiary/aromatic N) is 5. The highest BCUT2D eigenvalue weighted by Gasteiger charge is 2.46. The topological polar surface area (TPSA) is 106 Å². The Labute approximate surface area is 271 Å². The van der Waals surface area contributed by atoms with Crippen molar-refractivity contribution in [2.45, 2.75) is 11.9 Å². The molecule has 12 nitrogen and oxygen atoms in total. The molecule has 0 aromatic heterocycles. The van der Waals surface area contributed by atoms with E-state index in [1.807, 2.05) is 35.3 Å². The Morgan fingerprint density at radius 1 is 0.933 bits per heavy atom. The predicted molar refractivity (Wildman–Crippen MR) is 174 cm³/mol. The Morgan fingerprint density at radius 2 is 1.62 bits per heavy atom. The summed E-state index contributed by atoms with van der Waals surface area (Å²) in [6.45, 7) is 5.59. The lowest BCUT2D eigenvalue weighted by Crippen LogP contribution is -2.46. The molecule has 3 aromatic rings. The number of anilines is 3. The smallest absolute Gasteiger partial charge is 0.337 e. The average Bonchev–Trinajstić information content (AvgIpc) is 3.83. The number of nitrogens with one attached hydrogen (secondary N) is 3. The van der Waals surface area contributed by atoms with Crippen LogP contribution in [-0.2, 0) is 15.3 Å². The van der Waals surface area contributed by atoms with Gasteiger partial charge in [0.25, 0.3) is 0 Å². The third kappa shape index (κ3) is 6.48. The number of piperazine rings is 1. The van der Waals surface area contributed by atoms with E-state index >= 15 is 0 Å². The molecular formula is C31H34Cl2N8O4. The van der Waals surface area contributed by atoms with Crippen molar-refractivity contribution in [2.75, 3.05) is 74.0 Å². The number of carbonyl (C=O) groups excluding carboxylic acids is 1. The molecule has 3 N–H and O–H groups in total. The SMILES string of the molecule is O=C1NNCN1c1ccc(N2CCN(c3ccc(OCC4COC(CN5C=NCN5)(c5ccc(Cl)cc5Cl)O4)cc3)CC2)cc1. The molecule has 0 bridgehead atoms. The summed E-state index contributed by atoms with van der Waals surface area (Å²) in [7, 11) is 0. The number of carbonyl (C=O) groups is 1. The van der Waals surface area contributed by atoms with Crippen LogP contribution >= 0.6 is 23.2 Å². The third-order valence-corrected chi connectivity index (χ3v) is 8.83. The number of amides is 2. The highest BCUT2D eigenvalue weighted by molar-refractivity contribution is 6.35. The van der Waals surface area contributed by atoms with Crippen molar-refractivity contribution in [2.24, 2.45) is 4.99 Å². The second-order valence-electron chi connectivity index (χ2n) is 11.2. The van der Waals surface area contributed by atoms with Gasteiger partial charge in [-0.25, -0.2) is 15.6 Å². The van der Waals surface area contributed by atoms with E-state index in [-0.39, 0.29) is 12.1 Å². The van der Waals surface area contributed by atoms with Gasteiger partial charge in [-0.1, -0.05) is 29.3 Å². The average molecular weight is 654 g/mol. The van der Waals surface area contributed by atoms with Crippen LogP contribution in [-0.4, -0.2) is 82.8 Å². The predicted octanol–water partition coefficient (Wildman–Crippen LogP) is 3.76. The van der Waals surface area contributed by atoms with Crippen LogP contribution < -0.4 is 35.7 Å². The number of urea groups is 1. The minimum absolute atomic E-state index is 0.142. The van der Waals surface area contributed by atoms with Crippen LogP contribution in [0.3, 0.4) is 0 Å². The van der Waals surface area contributed by atoms with Crippen LogP contribution in [0.1, 0.15) is 5.56 Å². The van der Waals surface area contributed by atoms with Gasteiger partial charge in [0.05, 0.1) is 24.8 Å². The largest absolute Gasteiger partial charge is 0.491 e. The van der Waals surface area contributed by atoms with E-state index in [1.54, 1.807) is 23.4 Å². The summed E-state index contributed by atoms with van der Waals surface area (Å²) >= 11 is 12.7. The fourth-order valence-corrected chi connectivity index (χ4v) is 6.49. The monoisotopic (exact) mass is 652 g/mol. The lowest BCUT2D eigenvalue weighted by molar-refractivity contribution is -0.188. The van der Waals surface area contributed by atoms with Crippen molar-refractivity contribution in [3.05, 3.63) is 82.3 Å². The zero-order valence-corrected chi connectivity index (χ0v) is 26.0. The van der Waals surface area contributed by atoms with Crippen LogP contribution in [0.25, 0.3) is 0 Å². The number of ether oxygens (including phenoxy) is 3. The first-order valence-electron chi connectivity index (χ1n) is 14.9. The first-order chi connectivity index (χ1) is 22.0. The van der Waals surface area contributed by atoms with Gasteiger partial charge in [-0.05, 0) is 60.7 Å². The molecule has 45 heavy (non-hydrogen) atoms. The molecule has 3 aromatic carbocycles. The summed E-state index contributed by atoms with van der Waals surface area (Å²) in [5.41, 5.74) is 12.5. The van der Waals surface area contributed by atoms with Crippen molar-refractivity contribution in [1.29, 1.82) is 0 Å². The van der Waals surface area contributed by atoms with Gasteiger partial charge >= 0.3 is 6.03 Å². The molecule has 4 heterocycles. The van der Waals surface area contributed by atoms with Crippen LogP contribution in [0.2, 0.25) is 10.0 Å². The molecule has 7 rings (SSSR count). The number of hydrogen-bond acceptors (Lipinski definition) is 10. The standard InChI is InChI=1S/C31H34Cl2N8O4/c32-22-1-10-28(29(33)15-22)31(18-40-20-34-19-36-40)44-17-27(45-31)16-43-26-8-6-24(7-9-26)39-13-11-38(12-14-39)23-2-4-25(5-3-23)41-21-35-37-30(41)42/h1-10,15,20,27,35-36H,11-14,16-19,21H2,(H,37,42). The normalized spacial score (nSPS) is 23.2. The Balaban J connectivity index is 0.922. The first-order valence-corrected chi connectivity index (χ1v) is 15.6. The molecule has 236 valence electrons. The van der Waals surface area contributed by atoms with Gasteiger partial charge in [0.1, 0.15) is 31.5 Å². The second-order valence-corrected chi connectivity index (χ2v) is 12.0. The number of rotatable bonds is 9. The van der Waals surface area contributed by atoms with Crippen molar-refractivity contribution >= 4 is 52.6 Å². The number of halogens is 2. The van der Waals surface area contributed by atoms with Crippen molar-refractivity contribution in [1.82, 2.24) is 21.3 Å². The van der Waals surface area contributed by atoms with E-state index in [9.17, 15) is 4.79 Å². The van der Waals surface area contributed by atoms with E-state index in [2.05, 4.69) is 55.3 Å². The van der Waals surface area contributed by atoms with Crippen LogP contribution in [0.15, 0.2) is 71.7 Å². The van der Waals surface area contributed by atoms with Gasteiger partial charge in [0.15, 0.2) is 0 Å². The minimum atomic E-state index is -1.10. The summed E-state index contributed by atoms with van der Waals surface area (Å²) in [4.78, 5) is 22.5. The van der Waals surface area contributed by atoms with Crippen molar-refractivity contribution in [3.63, 3.8) is 0 Å². The molecule has 14 heteroatoms. The Hall–Kier alpha value is -3.78. The Morgan fingerprint density at radius 3 is 2.24 bits per heavy atom. The molecule has 3 fully saturated rings. The molecule has 0 spiro atoms. The van der Waals surface area contributed by atoms with Crippen molar-refractivity contribution < 1.29 is 19.0 Å². The van der Waals surface area contributed by atoms with E-state index in [1.165, 1.54) is 0 Å². The molecule has 2 unspecified atom stereocenters. The molecule has 0 saturated carbocycles. The summed E-state index contributed by atoms with van der Waals surface area (Å²) in [5.74, 6) is -0.340. The van der Waals surface area contributed by atoms with Gasteiger partial charge in [-0.15, -0.1) is 0 Å². The van der Waals surface area contributed by atoms with E-state index in [4.69, 9.17) is 37.4 Å². The summed E-state index contributed by atoms with van der Waals surface area (Å²) in [6.07, 6.45) is 1.42. The van der Waals surface area contributed by atoms with Crippen molar-refractivity contribution in [3.8, 4) is 5.75 Å². The van der Waals surface area contributed by atoms with Gasteiger partial charge in [0.2, 0.25) is 5.79 Å². The molecule has 2 amide bonds. The first kappa shape index (κ1) is 29.9. The molecule has 4 aliphatic heterocycles. The van der Waals surface area contributed by atoms with E-state index < -0.39 is 5.79 Å². The van der Waals surface area contributed by atoms with Crippen LogP contribution in [0.5, 0.6) is 5.75 Å². The van der Waals surface area contributed by atoms with Gasteiger partial charge in [-0.2, -0.15) is 0 Å². The maximum atomic E-state index is 11.9. The fourth-order valence-electron chi connectivity index (χ4n) is 5.94. The van der Waals surface area contributed by atoms with E-state index in [0.29, 0.717) is 48.7 Å². The minimum Gasteiger partial charge on any atom is -0.491 e. The van der Waals surface area contributed by atoms with Gasteiger partial charge in [-0.3, -0.25) is 20.3 Å². The maximum absolute atomic E-state index is 11.9. The Kier molecular flexibility index (Phi) is 8.58. The second kappa shape index (κ2) is 12.9. The number of hydrogen-bond donors (Lipinski definition) is 3. The third-order valence-electron chi connectivity index (χ3n) is 8.29. The fraction of sp³-hybridized carbons (Fsp3) is 0.355. The van der Waals surface area contributed by atoms with Crippen LogP contribution in [0.4, 0.5) is 21.9 Å². The molecule has 2 atom stereocenters. The Bertz CT molecular complexity index is 1540. The lowest BCUT2D eigenvalue weighted by Gasteiger charge is -2.37. The highest BCUT2D eigenvalue weighted by Crippen LogP contribution is 2.40. The molecule has 4 aliphatic rings. The molecular weight excluding hydrogens is 619 g/mol. The number of benzene rings is 3. The quantitative estimate of drug-likeness (QED) is 0.319. The number of aliphatic imine (C=N–C) groups is 1. The van der Waals surface area contributed by atoms with E-state index in [0.717, 1.165) is 49.0 Å². The summed E-state index contributed by atoms with van der Waals surface area (Å²) in [6, 6.07) is 21.5. The molecule has 3 saturated heterocycles. The van der Waals surface area contributed by atoms with Crippen LogP contribution in [0, 0.1) is 0 Å². The zero-order valence-electron chi connectivity index (χ0n) is 24.5. The molecule has 0 radical (unpaired) electrons. The maximum Gasteiger partial charge on any atom is 0.337 e. The van der Waals surface area contributed by atoms with Gasteiger partial charge in [0, 0.05) is 53.8 Å². The summed E-state index contributed by atoms with van der Waals surface area (Å²) < 4.78 is 18.9. The zero-order chi connectivity index (χ0) is 30.8. The molecule has 0 aliphatic carbocycles. The summed E-state index contributed by atoms with van der Waals surface area (Å²) in [5, 5.41) is 2.85. The number of hydrazine groups is 2.